The van der Waals surface area contributed by atoms with Gasteiger partial charge in [-0.25, -0.2) is 0 Å². The molecule has 11 aromatic carbocycles. The van der Waals surface area contributed by atoms with Crippen LogP contribution in [0.4, 0.5) is 34.1 Å². The lowest BCUT2D eigenvalue weighted by molar-refractivity contribution is 0.482. The molecule has 0 saturated heterocycles. The summed E-state index contributed by atoms with van der Waals surface area (Å²) in [6.45, 7) is 0. The minimum atomic E-state index is 0.712. The Morgan fingerprint density at radius 3 is 0.956 bits per heavy atom. The van der Waals surface area contributed by atoms with Gasteiger partial charge in [0, 0.05) is 67.2 Å². The third-order valence-electron chi connectivity index (χ3n) is 12.7. The molecule has 6 nitrogen and oxygen atoms in total. The Hall–Kier alpha value is -9.26. The number of rotatable bonds is 10. The van der Waals surface area contributed by atoms with Crippen molar-refractivity contribution in [2.45, 2.75) is 0 Å². The molecule has 13 rings (SSSR count). The molecule has 13 aromatic rings. The van der Waals surface area contributed by atoms with Gasteiger partial charge in [-0.3, -0.25) is 0 Å². The smallest absolute Gasteiger partial charge is 0.178 e. The van der Waals surface area contributed by atoms with Gasteiger partial charge >= 0.3 is 0 Å². The molecular weight excluding hydrogens is 837 g/mol. The highest BCUT2D eigenvalue weighted by Gasteiger charge is 2.25. The van der Waals surface area contributed by atoms with Crippen molar-refractivity contribution in [3.63, 3.8) is 0 Å². The topological polar surface area (TPSA) is 51.2 Å². The summed E-state index contributed by atoms with van der Waals surface area (Å²) in [5.74, 6) is 3.10. The zero-order valence-corrected chi connectivity index (χ0v) is 36.6. The molecule has 2 heterocycles. The van der Waals surface area contributed by atoms with Crippen LogP contribution in [-0.2, 0) is 0 Å². The normalized spacial score (nSPS) is 11.5. The van der Waals surface area contributed by atoms with Crippen LogP contribution in [-0.4, -0.2) is 0 Å². The molecule has 0 spiro atoms. The molecule has 0 amide bonds. The van der Waals surface area contributed by atoms with Gasteiger partial charge in [-0.2, -0.15) is 0 Å². The maximum Gasteiger partial charge on any atom is 0.178 e. The lowest BCUT2D eigenvalue weighted by Crippen LogP contribution is -2.10. The predicted molar refractivity (Wildman–Crippen MR) is 278 cm³/mol. The molecule has 0 bridgehead atoms. The summed E-state index contributed by atoms with van der Waals surface area (Å²) < 4.78 is 26.5. The summed E-state index contributed by atoms with van der Waals surface area (Å²) >= 11 is 0. The van der Waals surface area contributed by atoms with Crippen molar-refractivity contribution in [3.05, 3.63) is 243 Å². The van der Waals surface area contributed by atoms with E-state index in [1.807, 2.05) is 97.1 Å². The molecule has 68 heavy (non-hydrogen) atoms. The largest absolute Gasteiger partial charge is 0.457 e. The number of fused-ring (bicyclic) bond motifs is 11. The van der Waals surface area contributed by atoms with Crippen LogP contribution in [0.25, 0.3) is 65.4 Å². The summed E-state index contributed by atoms with van der Waals surface area (Å²) in [5, 5.41) is 8.45. The zero-order chi connectivity index (χ0) is 45.0. The number of nitrogens with zero attached hydrogens (tertiary/aromatic N) is 2. The van der Waals surface area contributed by atoms with Crippen LogP contribution in [0.2, 0.25) is 0 Å². The van der Waals surface area contributed by atoms with Gasteiger partial charge in [0.1, 0.15) is 34.2 Å². The SMILES string of the molecule is c1ccc(Oc2ccc(N(c3ccccc3)c3cc4oc5c(ccc6c5oc5cc(N(c7ccccc7)c7ccc(Oc8ccccc8)cc7)c7ccccc7c56)c4c4ccccc34)cc2)cc1. The standard InChI is InChI=1S/C62H40N2O4/c1-5-17-41(18-6-1)63(43-29-33-47(34-30-43)65-45-21-9-3-10-22-45)55-39-57-59(51-27-15-13-25-49(51)55)53-37-38-54-60-52-28-16-14-26-50(52)56(40-58(60)68-62(54)61(53)67-57)64(42-19-7-2-8-20-42)44-31-35-48(36-32-44)66-46-23-11-4-12-24-46/h1-40H. The highest BCUT2D eigenvalue weighted by atomic mass is 16.5. The predicted octanol–water partition coefficient (Wildman–Crippen LogP) is 18.3. The fraction of sp³-hybridized carbons (Fsp3) is 0. The molecule has 0 N–H and O–H groups in total. The number of benzene rings is 11. The van der Waals surface area contributed by atoms with Gasteiger partial charge in [0.15, 0.2) is 11.2 Å². The van der Waals surface area contributed by atoms with Crippen LogP contribution in [0.5, 0.6) is 23.0 Å². The van der Waals surface area contributed by atoms with Crippen molar-refractivity contribution in [2.24, 2.45) is 0 Å². The monoisotopic (exact) mass is 876 g/mol. The van der Waals surface area contributed by atoms with Crippen molar-refractivity contribution < 1.29 is 18.3 Å². The average Bonchev–Trinajstić information content (AvgIpc) is 3.98. The Morgan fingerprint density at radius 2 is 0.574 bits per heavy atom. The highest BCUT2D eigenvalue weighted by molar-refractivity contribution is 6.29. The lowest BCUT2D eigenvalue weighted by Gasteiger charge is -2.27. The van der Waals surface area contributed by atoms with Crippen molar-refractivity contribution in [2.75, 3.05) is 9.80 Å². The van der Waals surface area contributed by atoms with Crippen LogP contribution >= 0.6 is 0 Å². The van der Waals surface area contributed by atoms with E-state index in [1.165, 1.54) is 0 Å². The molecule has 0 saturated carbocycles. The van der Waals surface area contributed by atoms with Gasteiger partial charge in [-0.1, -0.05) is 121 Å². The number of furan rings is 2. The highest BCUT2D eigenvalue weighted by Crippen LogP contribution is 2.49. The molecule has 0 aliphatic rings. The van der Waals surface area contributed by atoms with E-state index in [0.29, 0.717) is 11.2 Å². The van der Waals surface area contributed by atoms with Gasteiger partial charge in [0.25, 0.3) is 0 Å². The van der Waals surface area contributed by atoms with Gasteiger partial charge in [-0.05, 0) is 120 Å². The molecule has 322 valence electrons. The average molecular weight is 877 g/mol. The van der Waals surface area contributed by atoms with E-state index >= 15 is 0 Å². The van der Waals surface area contributed by atoms with Gasteiger partial charge in [0.05, 0.1) is 11.4 Å². The summed E-state index contributed by atoms with van der Waals surface area (Å²) in [5.41, 5.74) is 8.97. The second-order valence-electron chi connectivity index (χ2n) is 16.8. The molecular formula is C62H40N2O4. The minimum absolute atomic E-state index is 0.712. The van der Waals surface area contributed by atoms with Crippen LogP contribution in [0, 0.1) is 0 Å². The molecule has 6 heteroatoms. The molecule has 2 aromatic heterocycles. The second kappa shape index (κ2) is 16.3. The fourth-order valence-corrected chi connectivity index (χ4v) is 9.71. The molecule has 0 radical (unpaired) electrons. The van der Waals surface area contributed by atoms with E-state index in [-0.39, 0.29) is 0 Å². The Morgan fingerprint density at radius 1 is 0.265 bits per heavy atom. The molecule has 0 aliphatic carbocycles. The molecule has 0 unspecified atom stereocenters. The van der Waals surface area contributed by atoms with Crippen molar-refractivity contribution in [1.82, 2.24) is 0 Å². The number of ether oxygens (including phenoxy) is 2. The molecule has 0 aliphatic heterocycles. The Labute approximate surface area is 391 Å². The number of anilines is 6. The third-order valence-corrected chi connectivity index (χ3v) is 12.7. The maximum atomic E-state index is 7.07. The first-order valence-electron chi connectivity index (χ1n) is 22.7. The van der Waals surface area contributed by atoms with Crippen molar-refractivity contribution in [3.8, 4) is 23.0 Å². The van der Waals surface area contributed by atoms with Crippen LogP contribution in [0.1, 0.15) is 0 Å². The zero-order valence-electron chi connectivity index (χ0n) is 36.6. The Bertz CT molecular complexity index is 3680. The Balaban J connectivity index is 0.977. The first-order valence-corrected chi connectivity index (χ1v) is 22.7. The second-order valence-corrected chi connectivity index (χ2v) is 16.8. The van der Waals surface area contributed by atoms with Crippen LogP contribution in [0.15, 0.2) is 251 Å². The quantitative estimate of drug-likeness (QED) is 0.136. The van der Waals surface area contributed by atoms with E-state index in [2.05, 4.69) is 155 Å². The van der Waals surface area contributed by atoms with Crippen molar-refractivity contribution in [1.29, 1.82) is 0 Å². The maximum absolute atomic E-state index is 7.07. The van der Waals surface area contributed by atoms with Crippen LogP contribution in [0.3, 0.4) is 0 Å². The number of para-hydroxylation sites is 4. The number of hydrogen-bond acceptors (Lipinski definition) is 6. The van der Waals surface area contributed by atoms with Gasteiger partial charge in [-0.15, -0.1) is 0 Å². The van der Waals surface area contributed by atoms with Crippen LogP contribution < -0.4 is 19.3 Å². The van der Waals surface area contributed by atoms with E-state index < -0.39 is 0 Å². The third kappa shape index (κ3) is 6.74. The number of hydrogen-bond donors (Lipinski definition) is 0. The van der Waals surface area contributed by atoms with E-state index in [1.54, 1.807) is 0 Å². The summed E-state index contributed by atoms with van der Waals surface area (Å²) in [6.07, 6.45) is 0. The fourth-order valence-electron chi connectivity index (χ4n) is 9.71. The summed E-state index contributed by atoms with van der Waals surface area (Å²) in [4.78, 5) is 4.57. The van der Waals surface area contributed by atoms with E-state index in [4.69, 9.17) is 18.3 Å². The van der Waals surface area contributed by atoms with E-state index in [9.17, 15) is 0 Å². The molecule has 0 atom stereocenters. The van der Waals surface area contributed by atoms with Gasteiger partial charge in [0.2, 0.25) is 0 Å². The first kappa shape index (κ1) is 39.1. The Kier molecular flexibility index (Phi) is 9.39. The van der Waals surface area contributed by atoms with Gasteiger partial charge < -0.3 is 28.1 Å². The molecule has 0 fully saturated rings. The van der Waals surface area contributed by atoms with E-state index in [0.717, 1.165) is 111 Å². The summed E-state index contributed by atoms with van der Waals surface area (Å²) in [7, 11) is 0. The van der Waals surface area contributed by atoms with Crippen molar-refractivity contribution >= 4 is 99.5 Å². The first-order chi connectivity index (χ1) is 33.7. The summed E-state index contributed by atoms with van der Waals surface area (Å²) in [6, 6.07) is 83.0. The minimum Gasteiger partial charge on any atom is -0.457 e. The lowest BCUT2D eigenvalue weighted by atomic mass is 9.99.